The lowest BCUT2D eigenvalue weighted by atomic mass is 10.1. The number of likely N-dealkylation sites (tertiary alicyclic amines) is 1. The van der Waals surface area contributed by atoms with E-state index in [-0.39, 0.29) is 18.1 Å². The van der Waals surface area contributed by atoms with Crippen molar-refractivity contribution >= 4 is 15.7 Å². The fourth-order valence-electron chi connectivity index (χ4n) is 2.58. The summed E-state index contributed by atoms with van der Waals surface area (Å²) in [6.07, 6.45) is 2.34. The molecular formula is C10H18N2O3S. The van der Waals surface area contributed by atoms with Crippen LogP contribution in [0.15, 0.2) is 0 Å². The summed E-state index contributed by atoms with van der Waals surface area (Å²) in [5, 5.41) is 3.27. The van der Waals surface area contributed by atoms with E-state index in [4.69, 9.17) is 0 Å². The average Bonchev–Trinajstić information content (AvgIpc) is 2.73. The lowest BCUT2D eigenvalue weighted by Gasteiger charge is -2.23. The molecule has 2 heterocycles. The Labute approximate surface area is 96.1 Å². The van der Waals surface area contributed by atoms with Gasteiger partial charge in [0, 0.05) is 38.4 Å². The molecule has 5 nitrogen and oxygen atoms in total. The zero-order valence-corrected chi connectivity index (χ0v) is 10.3. The van der Waals surface area contributed by atoms with Gasteiger partial charge in [-0.1, -0.05) is 0 Å². The van der Waals surface area contributed by atoms with Crippen molar-refractivity contribution in [3.05, 3.63) is 0 Å². The number of amides is 1. The molecule has 0 bridgehead atoms. The van der Waals surface area contributed by atoms with Crippen molar-refractivity contribution < 1.29 is 13.2 Å². The predicted molar refractivity (Wildman–Crippen MR) is 60.8 cm³/mol. The van der Waals surface area contributed by atoms with Crippen LogP contribution in [0.25, 0.3) is 0 Å². The van der Waals surface area contributed by atoms with Gasteiger partial charge in [0.1, 0.15) is 9.84 Å². The first kappa shape index (κ1) is 11.9. The molecule has 0 unspecified atom stereocenters. The summed E-state index contributed by atoms with van der Waals surface area (Å²) in [6.45, 7) is 2.63. The van der Waals surface area contributed by atoms with Gasteiger partial charge in [0.25, 0.3) is 0 Å². The lowest BCUT2D eigenvalue weighted by Crippen LogP contribution is -2.39. The SMILES string of the molecule is CS(=O)(=O)CCC(=O)N1CC[C@H]2CNC[C@H]21. The first-order chi connectivity index (χ1) is 7.47. The summed E-state index contributed by atoms with van der Waals surface area (Å²) in [6, 6.07) is 0.298. The molecule has 2 rings (SSSR count). The monoisotopic (exact) mass is 246 g/mol. The van der Waals surface area contributed by atoms with E-state index in [0.29, 0.717) is 12.0 Å². The van der Waals surface area contributed by atoms with E-state index < -0.39 is 9.84 Å². The number of nitrogens with zero attached hydrogens (tertiary/aromatic N) is 1. The number of carbonyl (C=O) groups is 1. The summed E-state index contributed by atoms with van der Waals surface area (Å²) in [7, 11) is -3.03. The van der Waals surface area contributed by atoms with Crippen molar-refractivity contribution in [2.45, 2.75) is 18.9 Å². The molecule has 2 aliphatic heterocycles. The van der Waals surface area contributed by atoms with E-state index in [9.17, 15) is 13.2 Å². The van der Waals surface area contributed by atoms with Crippen molar-refractivity contribution in [2.75, 3.05) is 31.6 Å². The van der Waals surface area contributed by atoms with Crippen LogP contribution in [0.5, 0.6) is 0 Å². The summed E-state index contributed by atoms with van der Waals surface area (Å²) in [4.78, 5) is 13.7. The van der Waals surface area contributed by atoms with Crippen LogP contribution in [-0.2, 0) is 14.6 Å². The van der Waals surface area contributed by atoms with Crippen molar-refractivity contribution in [3.63, 3.8) is 0 Å². The number of hydrogen-bond donors (Lipinski definition) is 1. The third-order valence-electron chi connectivity index (χ3n) is 3.45. The predicted octanol–water partition coefficient (Wildman–Crippen LogP) is -0.759. The van der Waals surface area contributed by atoms with Crippen LogP contribution in [0.4, 0.5) is 0 Å². The molecule has 0 saturated carbocycles. The van der Waals surface area contributed by atoms with E-state index >= 15 is 0 Å². The minimum atomic E-state index is -3.03. The number of sulfone groups is 1. The van der Waals surface area contributed by atoms with E-state index in [2.05, 4.69) is 5.32 Å². The van der Waals surface area contributed by atoms with E-state index in [1.54, 1.807) is 0 Å². The molecule has 0 spiro atoms. The topological polar surface area (TPSA) is 66.5 Å². The van der Waals surface area contributed by atoms with E-state index in [1.165, 1.54) is 6.26 Å². The van der Waals surface area contributed by atoms with Gasteiger partial charge in [0.05, 0.1) is 5.75 Å². The molecule has 16 heavy (non-hydrogen) atoms. The second-order valence-corrected chi connectivity index (χ2v) is 7.00. The maximum absolute atomic E-state index is 11.9. The quantitative estimate of drug-likeness (QED) is 0.711. The Hall–Kier alpha value is -0.620. The maximum Gasteiger partial charge on any atom is 0.223 e. The molecule has 1 N–H and O–H groups in total. The molecule has 2 fully saturated rings. The number of carbonyl (C=O) groups excluding carboxylic acids is 1. The van der Waals surface area contributed by atoms with Crippen LogP contribution in [0.3, 0.4) is 0 Å². The molecule has 2 saturated heterocycles. The first-order valence-corrected chi connectivity index (χ1v) is 7.71. The standard InChI is InChI=1S/C10H18N2O3S/c1-16(14,15)5-3-10(13)12-4-2-8-6-11-7-9(8)12/h8-9,11H,2-7H2,1H3/t8-,9+/m0/s1. The molecular weight excluding hydrogens is 228 g/mol. The second-order valence-electron chi connectivity index (χ2n) is 4.74. The summed E-state index contributed by atoms with van der Waals surface area (Å²) in [5.41, 5.74) is 0. The Morgan fingerprint density at radius 1 is 1.44 bits per heavy atom. The zero-order chi connectivity index (χ0) is 11.8. The second kappa shape index (κ2) is 4.33. The Morgan fingerprint density at radius 2 is 2.19 bits per heavy atom. The Morgan fingerprint density at radius 3 is 2.88 bits per heavy atom. The third kappa shape index (κ3) is 2.55. The normalized spacial score (nSPS) is 29.4. The first-order valence-electron chi connectivity index (χ1n) is 5.65. The molecule has 0 aromatic carbocycles. The van der Waals surface area contributed by atoms with Gasteiger partial charge in [-0.25, -0.2) is 8.42 Å². The summed E-state index contributed by atoms with van der Waals surface area (Å²) in [5.74, 6) is 0.525. The van der Waals surface area contributed by atoms with Crippen molar-refractivity contribution in [1.29, 1.82) is 0 Å². The Kier molecular flexibility index (Phi) is 3.21. The van der Waals surface area contributed by atoms with Gasteiger partial charge in [-0.05, 0) is 12.3 Å². The number of fused-ring (bicyclic) bond motifs is 1. The van der Waals surface area contributed by atoms with Crippen molar-refractivity contribution in [3.8, 4) is 0 Å². The van der Waals surface area contributed by atoms with Gasteiger partial charge >= 0.3 is 0 Å². The Balaban J connectivity index is 1.90. The highest BCUT2D eigenvalue weighted by Crippen LogP contribution is 2.27. The van der Waals surface area contributed by atoms with Crippen LogP contribution >= 0.6 is 0 Å². The summed E-state index contributed by atoms with van der Waals surface area (Å²) < 4.78 is 22.0. The minimum Gasteiger partial charge on any atom is -0.338 e. The van der Waals surface area contributed by atoms with E-state index in [0.717, 1.165) is 26.1 Å². The molecule has 2 atom stereocenters. The highest BCUT2D eigenvalue weighted by molar-refractivity contribution is 7.90. The van der Waals surface area contributed by atoms with Gasteiger partial charge in [0.15, 0.2) is 0 Å². The maximum atomic E-state index is 11.9. The Bertz CT molecular complexity index is 380. The third-order valence-corrected chi connectivity index (χ3v) is 4.40. The van der Waals surface area contributed by atoms with Crippen LogP contribution in [0, 0.1) is 5.92 Å². The van der Waals surface area contributed by atoms with Crippen LogP contribution in [0.2, 0.25) is 0 Å². The fraction of sp³-hybridized carbons (Fsp3) is 0.900. The number of nitrogens with one attached hydrogen (secondary N) is 1. The molecule has 0 radical (unpaired) electrons. The van der Waals surface area contributed by atoms with Gasteiger partial charge in [-0.15, -0.1) is 0 Å². The zero-order valence-electron chi connectivity index (χ0n) is 9.48. The molecule has 0 aromatic heterocycles. The van der Waals surface area contributed by atoms with Crippen molar-refractivity contribution in [1.82, 2.24) is 10.2 Å². The number of hydrogen-bond acceptors (Lipinski definition) is 4. The lowest BCUT2D eigenvalue weighted by molar-refractivity contribution is -0.131. The van der Waals surface area contributed by atoms with E-state index in [1.807, 2.05) is 4.90 Å². The highest BCUT2D eigenvalue weighted by atomic mass is 32.2. The van der Waals surface area contributed by atoms with Gasteiger partial charge in [0.2, 0.25) is 5.91 Å². The van der Waals surface area contributed by atoms with Crippen LogP contribution < -0.4 is 5.32 Å². The molecule has 6 heteroatoms. The smallest absolute Gasteiger partial charge is 0.223 e. The molecule has 1 amide bonds. The van der Waals surface area contributed by atoms with Gasteiger partial charge in [-0.3, -0.25) is 4.79 Å². The van der Waals surface area contributed by atoms with Gasteiger partial charge in [-0.2, -0.15) is 0 Å². The fourth-order valence-corrected chi connectivity index (χ4v) is 3.12. The highest BCUT2D eigenvalue weighted by Gasteiger charge is 2.39. The van der Waals surface area contributed by atoms with Crippen LogP contribution in [0.1, 0.15) is 12.8 Å². The molecule has 0 aromatic rings. The van der Waals surface area contributed by atoms with Crippen LogP contribution in [-0.4, -0.2) is 56.9 Å². The molecule has 2 aliphatic rings. The summed E-state index contributed by atoms with van der Waals surface area (Å²) >= 11 is 0. The minimum absolute atomic E-state index is 0.0124. The molecule has 0 aliphatic carbocycles. The largest absolute Gasteiger partial charge is 0.338 e. The number of rotatable bonds is 3. The molecule has 92 valence electrons. The van der Waals surface area contributed by atoms with Crippen molar-refractivity contribution in [2.24, 2.45) is 5.92 Å². The van der Waals surface area contributed by atoms with Gasteiger partial charge < -0.3 is 10.2 Å². The average molecular weight is 246 g/mol.